The van der Waals surface area contributed by atoms with E-state index in [1.165, 1.54) is 6.08 Å². The molecule has 0 aliphatic rings. The largest absolute Gasteiger partial charge is 0.478 e. The predicted octanol–water partition coefficient (Wildman–Crippen LogP) is 3.50. The molecule has 0 atom stereocenters. The molecule has 92 valence electrons. The number of halogens is 2. The van der Waals surface area contributed by atoms with Gasteiger partial charge >= 0.3 is 5.97 Å². The molecule has 0 bridgehead atoms. The van der Waals surface area contributed by atoms with Crippen LogP contribution >= 0.6 is 31.9 Å². The molecule has 1 aromatic heterocycles. The summed E-state index contributed by atoms with van der Waals surface area (Å²) in [6.07, 6.45) is 6.18. The number of aliphatic carboxylic acids is 1. The predicted molar refractivity (Wildman–Crippen MR) is 75.6 cm³/mol. The van der Waals surface area contributed by atoms with Gasteiger partial charge < -0.3 is 5.11 Å². The van der Waals surface area contributed by atoms with Crippen LogP contribution in [0.4, 0.5) is 0 Å². The normalized spacial score (nSPS) is 11.0. The fraction of sp³-hybridized carbons (Fsp3) is 0. The second-order valence-electron chi connectivity index (χ2n) is 3.48. The summed E-state index contributed by atoms with van der Waals surface area (Å²) in [7, 11) is 0. The van der Waals surface area contributed by atoms with Crippen LogP contribution in [0.15, 0.2) is 45.6 Å². The highest BCUT2D eigenvalue weighted by atomic mass is 79.9. The van der Waals surface area contributed by atoms with Crippen LogP contribution in [0.25, 0.3) is 11.8 Å². The van der Waals surface area contributed by atoms with Gasteiger partial charge in [-0.1, -0.05) is 22.0 Å². The Bertz CT molecular complexity index is 620. The summed E-state index contributed by atoms with van der Waals surface area (Å²) in [6.45, 7) is 0. The van der Waals surface area contributed by atoms with Crippen LogP contribution in [0.1, 0.15) is 5.56 Å². The molecular formula is C12H8Br2N2O2. The Hall–Kier alpha value is -1.40. The first-order chi connectivity index (χ1) is 8.56. The lowest BCUT2D eigenvalue weighted by Gasteiger charge is -2.04. The summed E-state index contributed by atoms with van der Waals surface area (Å²) in [5, 5.41) is 12.7. The van der Waals surface area contributed by atoms with Crippen molar-refractivity contribution in [2.75, 3.05) is 0 Å². The third-order valence-corrected chi connectivity index (χ3v) is 3.30. The molecule has 0 saturated carbocycles. The maximum atomic E-state index is 10.5. The van der Waals surface area contributed by atoms with E-state index in [2.05, 4.69) is 37.0 Å². The molecule has 18 heavy (non-hydrogen) atoms. The van der Waals surface area contributed by atoms with Crippen molar-refractivity contribution in [1.29, 1.82) is 0 Å². The lowest BCUT2D eigenvalue weighted by atomic mass is 10.2. The third-order valence-electron chi connectivity index (χ3n) is 2.21. The van der Waals surface area contributed by atoms with Gasteiger partial charge in [-0.2, -0.15) is 5.10 Å². The molecule has 1 heterocycles. The van der Waals surface area contributed by atoms with Gasteiger partial charge in [0, 0.05) is 16.7 Å². The van der Waals surface area contributed by atoms with Crippen LogP contribution in [0.3, 0.4) is 0 Å². The molecule has 1 aromatic carbocycles. The van der Waals surface area contributed by atoms with E-state index in [-0.39, 0.29) is 0 Å². The minimum atomic E-state index is -0.970. The molecular weight excluding hydrogens is 364 g/mol. The standard InChI is InChI=1S/C12H8Br2N2O2/c13-9-6-15-16(7-9)10-3-1-8(11(14)5-10)2-4-12(17)18/h1-7H,(H,17,18)/b4-2+. The number of carboxylic acids is 1. The molecule has 0 fully saturated rings. The Labute approximate surface area is 120 Å². The van der Waals surface area contributed by atoms with Gasteiger partial charge in [-0.3, -0.25) is 0 Å². The van der Waals surface area contributed by atoms with Crippen LogP contribution in [-0.4, -0.2) is 20.9 Å². The molecule has 4 nitrogen and oxygen atoms in total. The van der Waals surface area contributed by atoms with Gasteiger partial charge in [0.15, 0.2) is 0 Å². The topological polar surface area (TPSA) is 55.1 Å². The molecule has 0 amide bonds. The second kappa shape index (κ2) is 5.49. The average Bonchev–Trinajstić information content (AvgIpc) is 2.74. The summed E-state index contributed by atoms with van der Waals surface area (Å²) in [4.78, 5) is 10.5. The number of benzene rings is 1. The van der Waals surface area contributed by atoms with Crippen LogP contribution in [0, 0.1) is 0 Å². The molecule has 1 N–H and O–H groups in total. The first-order valence-corrected chi connectivity index (χ1v) is 6.56. The number of carboxylic acid groups (broad SMARTS) is 1. The summed E-state index contributed by atoms with van der Waals surface area (Å²) in [5.41, 5.74) is 1.69. The van der Waals surface area contributed by atoms with Crippen molar-refractivity contribution in [3.63, 3.8) is 0 Å². The molecule has 2 rings (SSSR count). The fourth-order valence-corrected chi connectivity index (χ4v) is 2.18. The SMILES string of the molecule is O=C(O)/C=C/c1ccc(-n2cc(Br)cn2)cc1Br. The summed E-state index contributed by atoms with van der Waals surface area (Å²) in [6, 6.07) is 5.57. The van der Waals surface area contributed by atoms with Crippen molar-refractivity contribution in [1.82, 2.24) is 9.78 Å². The highest BCUT2D eigenvalue weighted by Crippen LogP contribution is 2.22. The molecule has 0 aliphatic heterocycles. The summed E-state index contributed by atoms with van der Waals surface area (Å²) >= 11 is 6.74. The van der Waals surface area contributed by atoms with Crippen molar-refractivity contribution in [2.24, 2.45) is 0 Å². The molecule has 0 spiro atoms. The van der Waals surface area contributed by atoms with E-state index in [0.29, 0.717) is 0 Å². The van der Waals surface area contributed by atoms with Gasteiger partial charge in [0.05, 0.1) is 16.4 Å². The Morgan fingerprint density at radius 3 is 2.72 bits per heavy atom. The molecule has 0 saturated heterocycles. The van der Waals surface area contributed by atoms with E-state index in [1.54, 1.807) is 10.9 Å². The lowest BCUT2D eigenvalue weighted by molar-refractivity contribution is -0.131. The van der Waals surface area contributed by atoms with Gasteiger partial charge in [0.25, 0.3) is 0 Å². The smallest absolute Gasteiger partial charge is 0.328 e. The van der Waals surface area contributed by atoms with Crippen molar-refractivity contribution < 1.29 is 9.90 Å². The van der Waals surface area contributed by atoms with Crippen molar-refractivity contribution in [3.8, 4) is 5.69 Å². The lowest BCUT2D eigenvalue weighted by Crippen LogP contribution is -1.94. The molecule has 2 aromatic rings. The minimum absolute atomic E-state index is 0.798. The Morgan fingerprint density at radius 2 is 2.17 bits per heavy atom. The molecule has 0 radical (unpaired) electrons. The monoisotopic (exact) mass is 370 g/mol. The van der Waals surface area contributed by atoms with Gasteiger partial charge in [-0.25, -0.2) is 9.48 Å². The van der Waals surface area contributed by atoms with E-state index >= 15 is 0 Å². The Morgan fingerprint density at radius 1 is 1.39 bits per heavy atom. The number of aromatic nitrogens is 2. The minimum Gasteiger partial charge on any atom is -0.478 e. The van der Waals surface area contributed by atoms with Gasteiger partial charge in [0.1, 0.15) is 0 Å². The fourth-order valence-electron chi connectivity index (χ4n) is 1.40. The van der Waals surface area contributed by atoms with Gasteiger partial charge in [0.2, 0.25) is 0 Å². The van der Waals surface area contributed by atoms with Crippen LogP contribution < -0.4 is 0 Å². The average molecular weight is 372 g/mol. The summed E-state index contributed by atoms with van der Waals surface area (Å²) in [5.74, 6) is -0.970. The Balaban J connectivity index is 2.33. The van der Waals surface area contributed by atoms with E-state index < -0.39 is 5.97 Å². The third kappa shape index (κ3) is 3.08. The molecule has 0 aliphatic carbocycles. The van der Waals surface area contributed by atoms with Crippen molar-refractivity contribution >= 4 is 43.9 Å². The van der Waals surface area contributed by atoms with E-state index in [0.717, 1.165) is 26.3 Å². The number of hydrogen-bond acceptors (Lipinski definition) is 2. The highest BCUT2D eigenvalue weighted by molar-refractivity contribution is 9.10. The zero-order valence-electron chi connectivity index (χ0n) is 9.05. The zero-order valence-corrected chi connectivity index (χ0v) is 12.2. The van der Waals surface area contributed by atoms with Crippen molar-refractivity contribution in [3.05, 3.63) is 51.2 Å². The quantitative estimate of drug-likeness (QED) is 0.840. The van der Waals surface area contributed by atoms with Gasteiger partial charge in [-0.05, 0) is 39.7 Å². The number of carbonyl (C=O) groups is 1. The zero-order chi connectivity index (χ0) is 13.1. The summed E-state index contributed by atoms with van der Waals surface area (Å²) < 4.78 is 3.43. The molecule has 6 heteroatoms. The van der Waals surface area contributed by atoms with Crippen LogP contribution in [0.5, 0.6) is 0 Å². The first kappa shape index (κ1) is 13.0. The molecule has 0 unspecified atom stereocenters. The van der Waals surface area contributed by atoms with E-state index in [1.807, 2.05) is 24.4 Å². The van der Waals surface area contributed by atoms with Crippen LogP contribution in [0.2, 0.25) is 0 Å². The maximum Gasteiger partial charge on any atom is 0.328 e. The van der Waals surface area contributed by atoms with Crippen molar-refractivity contribution in [2.45, 2.75) is 0 Å². The first-order valence-electron chi connectivity index (χ1n) is 4.97. The number of rotatable bonds is 3. The Kier molecular flexibility index (Phi) is 3.98. The van der Waals surface area contributed by atoms with E-state index in [9.17, 15) is 4.79 Å². The van der Waals surface area contributed by atoms with E-state index in [4.69, 9.17) is 5.11 Å². The number of hydrogen-bond donors (Lipinski definition) is 1. The van der Waals surface area contributed by atoms with Crippen LogP contribution in [-0.2, 0) is 4.79 Å². The number of nitrogens with zero attached hydrogens (tertiary/aromatic N) is 2. The maximum absolute atomic E-state index is 10.5. The highest BCUT2D eigenvalue weighted by Gasteiger charge is 2.03. The second-order valence-corrected chi connectivity index (χ2v) is 5.25. The van der Waals surface area contributed by atoms with Gasteiger partial charge in [-0.15, -0.1) is 0 Å².